The quantitative estimate of drug-likeness (QED) is 0.733. The molecule has 0 atom stereocenters. The van der Waals surface area contributed by atoms with Crippen LogP contribution in [0, 0.1) is 0 Å². The summed E-state index contributed by atoms with van der Waals surface area (Å²) in [7, 11) is 1.74. The van der Waals surface area contributed by atoms with Crippen LogP contribution in [0.15, 0.2) is 0 Å². The molecule has 1 rings (SSSR count). The van der Waals surface area contributed by atoms with Gasteiger partial charge in [0.1, 0.15) is 6.17 Å². The summed E-state index contributed by atoms with van der Waals surface area (Å²) in [5.74, 6) is 0.0735. The summed E-state index contributed by atoms with van der Waals surface area (Å²) in [5, 5.41) is 2.79. The van der Waals surface area contributed by atoms with Crippen molar-refractivity contribution in [2.24, 2.45) is 0 Å². The molecule has 1 N–H and O–H groups in total. The van der Waals surface area contributed by atoms with Gasteiger partial charge in [0.15, 0.2) is 0 Å². The number of hydrogen-bond acceptors (Lipinski definition) is 2. The molecule has 3 nitrogen and oxygen atoms in total. The zero-order chi connectivity index (χ0) is 11.0. The Morgan fingerprint density at radius 3 is 2.36 bits per heavy atom. The lowest BCUT2D eigenvalue weighted by Crippen LogP contribution is -2.42. The van der Waals surface area contributed by atoms with E-state index in [1.165, 1.54) is 0 Å². The van der Waals surface area contributed by atoms with Gasteiger partial charge in [0.25, 0.3) is 0 Å². The van der Waals surface area contributed by atoms with E-state index >= 15 is 0 Å². The van der Waals surface area contributed by atoms with Crippen molar-refractivity contribution in [1.82, 2.24) is 10.2 Å². The summed E-state index contributed by atoms with van der Waals surface area (Å²) in [6, 6.07) is 0. The molecule has 0 unspecified atom stereocenters. The molecule has 0 radical (unpaired) electrons. The van der Waals surface area contributed by atoms with Crippen LogP contribution in [0.25, 0.3) is 0 Å². The summed E-state index contributed by atoms with van der Waals surface area (Å²) in [5.41, 5.74) is 0. The molecule has 0 aromatic carbocycles. The minimum absolute atomic E-state index is 0.0735. The first-order valence-electron chi connectivity index (χ1n) is 5.30. The molecule has 1 aliphatic rings. The van der Waals surface area contributed by atoms with E-state index in [1.54, 1.807) is 11.9 Å². The van der Waals surface area contributed by atoms with Crippen molar-refractivity contribution in [2.45, 2.75) is 32.9 Å². The molecule has 0 saturated carbocycles. The van der Waals surface area contributed by atoms with E-state index in [-0.39, 0.29) is 5.91 Å². The minimum Gasteiger partial charge on any atom is -0.341 e. The van der Waals surface area contributed by atoms with Gasteiger partial charge in [0, 0.05) is 13.1 Å². The van der Waals surface area contributed by atoms with Gasteiger partial charge in [0.05, 0.1) is 6.54 Å². The van der Waals surface area contributed by atoms with E-state index in [0.717, 1.165) is 0 Å². The molecule has 1 aliphatic heterocycles. The Hall–Kier alpha value is -0.640. The van der Waals surface area contributed by atoms with Gasteiger partial charge in [0.2, 0.25) is 5.91 Å². The second-order valence-electron chi connectivity index (χ2n) is 3.09. The largest absolute Gasteiger partial charge is 0.341 e. The van der Waals surface area contributed by atoms with Crippen molar-refractivity contribution in [1.29, 1.82) is 0 Å². The lowest BCUT2D eigenvalue weighted by molar-refractivity contribution is -0.131. The number of hydrogen-bond donors (Lipinski definition) is 1. The number of halogens is 1. The van der Waals surface area contributed by atoms with E-state index in [2.05, 4.69) is 5.32 Å². The maximum atomic E-state index is 12.7. The third kappa shape index (κ3) is 4.56. The molecule has 1 fully saturated rings. The van der Waals surface area contributed by atoms with Crippen molar-refractivity contribution < 1.29 is 9.18 Å². The summed E-state index contributed by atoms with van der Waals surface area (Å²) >= 11 is 0. The number of carbonyl (C=O) groups excluding carboxylic acids is 1. The van der Waals surface area contributed by atoms with Gasteiger partial charge < -0.3 is 10.2 Å². The molecule has 1 saturated heterocycles. The van der Waals surface area contributed by atoms with Crippen LogP contribution >= 0.6 is 0 Å². The molecule has 1 heterocycles. The molecule has 1 amide bonds. The van der Waals surface area contributed by atoms with Crippen LogP contribution < -0.4 is 5.32 Å². The predicted octanol–water partition coefficient (Wildman–Crippen LogP) is 1.19. The fourth-order valence-corrected chi connectivity index (χ4v) is 1.36. The monoisotopic (exact) mass is 204 g/mol. The first-order valence-corrected chi connectivity index (χ1v) is 5.30. The number of amides is 1. The Morgan fingerprint density at radius 2 is 1.93 bits per heavy atom. The van der Waals surface area contributed by atoms with Gasteiger partial charge in [-0.3, -0.25) is 4.79 Å². The molecular weight excluding hydrogens is 183 g/mol. The van der Waals surface area contributed by atoms with Crippen LogP contribution in [0.3, 0.4) is 0 Å². The van der Waals surface area contributed by atoms with E-state index in [9.17, 15) is 9.18 Å². The van der Waals surface area contributed by atoms with E-state index in [4.69, 9.17) is 0 Å². The number of piperidine rings is 1. The Kier molecular flexibility index (Phi) is 7.38. The molecule has 0 aromatic heterocycles. The van der Waals surface area contributed by atoms with Gasteiger partial charge in [-0.1, -0.05) is 13.8 Å². The molecular formula is C10H21FN2O. The molecule has 84 valence electrons. The SMILES string of the molecule is CC.CNCC(=O)N1CCC(F)CC1. The van der Waals surface area contributed by atoms with Gasteiger partial charge in [-0.05, 0) is 19.9 Å². The maximum Gasteiger partial charge on any atom is 0.236 e. The Labute approximate surface area is 85.7 Å². The molecule has 0 spiro atoms. The second-order valence-corrected chi connectivity index (χ2v) is 3.09. The Morgan fingerprint density at radius 1 is 1.43 bits per heavy atom. The first kappa shape index (κ1) is 13.4. The highest BCUT2D eigenvalue weighted by atomic mass is 19.1. The van der Waals surface area contributed by atoms with Crippen LogP contribution in [-0.2, 0) is 4.79 Å². The van der Waals surface area contributed by atoms with E-state index in [1.807, 2.05) is 13.8 Å². The van der Waals surface area contributed by atoms with Crippen molar-refractivity contribution in [3.63, 3.8) is 0 Å². The van der Waals surface area contributed by atoms with Gasteiger partial charge >= 0.3 is 0 Å². The van der Waals surface area contributed by atoms with Crippen LogP contribution in [0.1, 0.15) is 26.7 Å². The Balaban J connectivity index is 0.000000791. The summed E-state index contributed by atoms with van der Waals surface area (Å²) in [4.78, 5) is 13.0. The Bertz CT molecular complexity index is 156. The molecule has 0 aromatic rings. The van der Waals surface area contributed by atoms with Gasteiger partial charge in [-0.2, -0.15) is 0 Å². The average molecular weight is 204 g/mol. The highest BCUT2D eigenvalue weighted by Gasteiger charge is 2.21. The number of nitrogens with zero attached hydrogens (tertiary/aromatic N) is 1. The fourth-order valence-electron chi connectivity index (χ4n) is 1.36. The zero-order valence-electron chi connectivity index (χ0n) is 9.35. The van der Waals surface area contributed by atoms with Gasteiger partial charge in [-0.15, -0.1) is 0 Å². The van der Waals surface area contributed by atoms with Crippen molar-refractivity contribution >= 4 is 5.91 Å². The second kappa shape index (κ2) is 7.74. The lowest BCUT2D eigenvalue weighted by atomic mass is 10.1. The number of carbonyl (C=O) groups is 1. The summed E-state index contributed by atoms with van der Waals surface area (Å²) in [6.07, 6.45) is 0.286. The van der Waals surface area contributed by atoms with Gasteiger partial charge in [-0.25, -0.2) is 4.39 Å². The van der Waals surface area contributed by atoms with Crippen molar-refractivity contribution in [3.05, 3.63) is 0 Å². The topological polar surface area (TPSA) is 32.3 Å². The van der Waals surface area contributed by atoms with Crippen LogP contribution in [-0.4, -0.2) is 43.7 Å². The molecule has 0 bridgehead atoms. The highest BCUT2D eigenvalue weighted by molar-refractivity contribution is 5.78. The van der Waals surface area contributed by atoms with Crippen LogP contribution in [0.5, 0.6) is 0 Å². The number of rotatable bonds is 2. The summed E-state index contributed by atoms with van der Waals surface area (Å²) in [6.45, 7) is 5.50. The number of likely N-dealkylation sites (N-methyl/N-ethyl adjacent to an activating group) is 1. The smallest absolute Gasteiger partial charge is 0.236 e. The van der Waals surface area contributed by atoms with Crippen LogP contribution in [0.2, 0.25) is 0 Å². The third-order valence-corrected chi connectivity index (χ3v) is 2.11. The van der Waals surface area contributed by atoms with Crippen LogP contribution in [0.4, 0.5) is 4.39 Å². The lowest BCUT2D eigenvalue weighted by Gasteiger charge is -2.28. The first-order chi connectivity index (χ1) is 6.74. The van der Waals surface area contributed by atoms with Crippen molar-refractivity contribution in [3.8, 4) is 0 Å². The van der Waals surface area contributed by atoms with E-state index < -0.39 is 6.17 Å². The third-order valence-electron chi connectivity index (χ3n) is 2.11. The summed E-state index contributed by atoms with van der Waals surface area (Å²) < 4.78 is 12.7. The van der Waals surface area contributed by atoms with Crippen molar-refractivity contribution in [2.75, 3.05) is 26.7 Å². The number of nitrogens with one attached hydrogen (secondary N) is 1. The number of likely N-dealkylation sites (tertiary alicyclic amines) is 1. The predicted molar refractivity (Wildman–Crippen MR) is 56.0 cm³/mol. The average Bonchev–Trinajstić information content (AvgIpc) is 2.22. The normalized spacial score (nSPS) is 17.3. The molecule has 0 aliphatic carbocycles. The molecule has 4 heteroatoms. The van der Waals surface area contributed by atoms with E-state index in [0.29, 0.717) is 32.5 Å². The maximum absolute atomic E-state index is 12.7. The number of alkyl halides is 1. The highest BCUT2D eigenvalue weighted by Crippen LogP contribution is 2.12. The molecule has 14 heavy (non-hydrogen) atoms. The standard InChI is InChI=1S/C8H15FN2O.C2H6/c1-10-6-8(12)11-4-2-7(9)3-5-11;1-2/h7,10H,2-6H2,1H3;1-2H3. The minimum atomic E-state index is -0.705. The zero-order valence-corrected chi connectivity index (χ0v) is 9.35. The fraction of sp³-hybridized carbons (Fsp3) is 0.900.